The highest BCUT2D eigenvalue weighted by Gasteiger charge is 2.18. The van der Waals surface area contributed by atoms with Gasteiger partial charge in [0.15, 0.2) is 11.6 Å². The normalized spacial score (nSPS) is 10.5. The molecule has 4 rings (SSSR count). The van der Waals surface area contributed by atoms with Gasteiger partial charge in [0.25, 0.3) is 5.69 Å². The fraction of sp³-hybridized carbons (Fsp3) is 0.107. The van der Waals surface area contributed by atoms with Crippen LogP contribution in [0, 0.1) is 39.7 Å². The third-order valence-electron chi connectivity index (χ3n) is 5.68. The zero-order valence-electron chi connectivity index (χ0n) is 20.4. The highest BCUT2D eigenvalue weighted by atomic mass is 16.6. The van der Waals surface area contributed by atoms with Crippen LogP contribution in [0.5, 0.6) is 0 Å². The Morgan fingerprint density at radius 3 is 2.32 bits per heavy atom. The maximum atomic E-state index is 11.1. The van der Waals surface area contributed by atoms with E-state index >= 15 is 0 Å². The summed E-state index contributed by atoms with van der Waals surface area (Å²) < 4.78 is 0. The lowest BCUT2D eigenvalue weighted by atomic mass is 10.1. The number of benzene rings is 3. The number of para-hydroxylation sites is 1. The van der Waals surface area contributed by atoms with Crippen LogP contribution in [0.25, 0.3) is 0 Å². The van der Waals surface area contributed by atoms with Gasteiger partial charge in [-0.1, -0.05) is 48.5 Å². The molecule has 38 heavy (non-hydrogen) atoms. The number of pyridine rings is 1. The van der Waals surface area contributed by atoms with Crippen molar-refractivity contribution >= 4 is 34.4 Å². The van der Waals surface area contributed by atoms with Crippen molar-refractivity contribution in [2.75, 3.05) is 17.2 Å². The number of hydrogen-bond acceptors (Lipinski definition) is 9. The lowest BCUT2D eigenvalue weighted by molar-refractivity contribution is -0.384. The van der Waals surface area contributed by atoms with Crippen LogP contribution in [0.1, 0.15) is 22.3 Å². The van der Waals surface area contributed by atoms with E-state index in [1.807, 2.05) is 66.7 Å². The molecule has 10 nitrogen and oxygen atoms in total. The zero-order valence-corrected chi connectivity index (χ0v) is 20.4. The van der Waals surface area contributed by atoms with E-state index in [0.29, 0.717) is 35.0 Å². The number of nitro benzene ring substituents is 1. The van der Waals surface area contributed by atoms with E-state index in [1.165, 1.54) is 12.1 Å². The van der Waals surface area contributed by atoms with Crippen LogP contribution in [0.4, 0.5) is 34.4 Å². The molecule has 0 unspecified atom stereocenters. The Hall–Kier alpha value is -5.61. The highest BCUT2D eigenvalue weighted by Crippen LogP contribution is 2.36. The third kappa shape index (κ3) is 5.96. The smallest absolute Gasteiger partial charge is 0.270 e. The van der Waals surface area contributed by atoms with E-state index < -0.39 is 4.92 Å². The summed E-state index contributed by atoms with van der Waals surface area (Å²) in [5.74, 6) is 0.769. The fourth-order valence-corrected chi connectivity index (χ4v) is 3.71. The first-order chi connectivity index (χ1) is 18.5. The van der Waals surface area contributed by atoms with Gasteiger partial charge in [-0.05, 0) is 37.1 Å². The summed E-state index contributed by atoms with van der Waals surface area (Å²) in [7, 11) is 0. The van der Waals surface area contributed by atoms with Crippen molar-refractivity contribution in [3.63, 3.8) is 0 Å². The monoisotopic (exact) mass is 502 g/mol. The van der Waals surface area contributed by atoms with Crippen molar-refractivity contribution in [2.45, 2.75) is 13.3 Å². The van der Waals surface area contributed by atoms with Gasteiger partial charge in [-0.25, -0.2) is 4.98 Å². The van der Waals surface area contributed by atoms with Gasteiger partial charge in [0.1, 0.15) is 23.5 Å². The Kier molecular flexibility index (Phi) is 7.97. The second-order valence-corrected chi connectivity index (χ2v) is 8.19. The van der Waals surface area contributed by atoms with Crippen LogP contribution in [0.15, 0.2) is 89.1 Å². The molecule has 0 amide bonds. The topological polar surface area (TPSA) is 152 Å². The minimum absolute atomic E-state index is 0.00928. The van der Waals surface area contributed by atoms with Crippen LogP contribution in [-0.4, -0.2) is 16.5 Å². The summed E-state index contributed by atoms with van der Waals surface area (Å²) in [6.45, 7) is 2.28. The largest absolute Gasteiger partial charge is 0.368 e. The number of aromatic nitrogens is 1. The highest BCUT2D eigenvalue weighted by molar-refractivity contribution is 5.76. The Morgan fingerprint density at radius 2 is 1.66 bits per heavy atom. The molecular weight excluding hydrogens is 480 g/mol. The number of nitriles is 2. The van der Waals surface area contributed by atoms with E-state index in [4.69, 9.17) is 0 Å². The molecule has 0 aliphatic rings. The number of non-ortho nitro benzene ring substituents is 1. The van der Waals surface area contributed by atoms with Crippen LogP contribution >= 0.6 is 0 Å². The molecule has 0 bridgehead atoms. The number of nitro groups is 1. The Morgan fingerprint density at radius 1 is 0.947 bits per heavy atom. The van der Waals surface area contributed by atoms with Crippen LogP contribution < -0.4 is 10.6 Å². The molecule has 0 aliphatic carbocycles. The molecule has 0 saturated heterocycles. The molecular formula is C28H22N8O2. The summed E-state index contributed by atoms with van der Waals surface area (Å²) in [6.07, 6.45) is 0.723. The second-order valence-electron chi connectivity index (χ2n) is 8.19. The molecule has 0 fully saturated rings. The standard InChI is InChI=1S/C28H22N8O2/c1-19-24(18-30)27(32-22-10-6-3-7-11-22)33-28(31-15-14-20-8-4-2-5-9-20)26(19)35-34-25-13-12-23(36(37)38)16-21(25)17-29/h2-13,16H,14-15H2,1H3,(H2,31,32,33). The number of anilines is 3. The molecule has 0 saturated carbocycles. The van der Waals surface area contributed by atoms with Crippen molar-refractivity contribution in [2.24, 2.45) is 10.2 Å². The molecule has 2 N–H and O–H groups in total. The van der Waals surface area contributed by atoms with Gasteiger partial charge in [-0.15, -0.1) is 10.2 Å². The Labute approximate surface area is 219 Å². The van der Waals surface area contributed by atoms with Gasteiger partial charge >= 0.3 is 0 Å². The summed E-state index contributed by atoms with van der Waals surface area (Å²) in [5.41, 5.74) is 3.02. The van der Waals surface area contributed by atoms with Gasteiger partial charge in [0.2, 0.25) is 0 Å². The molecule has 0 spiro atoms. The van der Waals surface area contributed by atoms with Gasteiger partial charge in [-0.3, -0.25) is 10.1 Å². The first-order valence-corrected chi connectivity index (χ1v) is 11.6. The molecule has 1 heterocycles. The lowest BCUT2D eigenvalue weighted by Crippen LogP contribution is -2.09. The summed E-state index contributed by atoms with van der Waals surface area (Å²) in [5, 5.41) is 45.5. The van der Waals surface area contributed by atoms with Crippen molar-refractivity contribution in [3.8, 4) is 12.1 Å². The molecule has 0 atom stereocenters. The summed E-state index contributed by atoms with van der Waals surface area (Å²) in [6, 6.07) is 27.2. The minimum atomic E-state index is -0.581. The molecule has 186 valence electrons. The third-order valence-corrected chi connectivity index (χ3v) is 5.68. The maximum Gasteiger partial charge on any atom is 0.270 e. The predicted molar refractivity (Wildman–Crippen MR) is 144 cm³/mol. The van der Waals surface area contributed by atoms with Crippen molar-refractivity contribution in [1.29, 1.82) is 10.5 Å². The van der Waals surface area contributed by atoms with Gasteiger partial charge in [0.05, 0.1) is 16.1 Å². The van der Waals surface area contributed by atoms with E-state index in [1.54, 1.807) is 6.92 Å². The average molecular weight is 503 g/mol. The van der Waals surface area contributed by atoms with E-state index in [2.05, 4.69) is 31.9 Å². The van der Waals surface area contributed by atoms with Crippen molar-refractivity contribution in [3.05, 3.63) is 111 Å². The molecule has 1 aromatic heterocycles. The lowest BCUT2D eigenvalue weighted by Gasteiger charge is -2.16. The first kappa shape index (κ1) is 25.5. The van der Waals surface area contributed by atoms with Crippen molar-refractivity contribution < 1.29 is 4.92 Å². The number of azo groups is 1. The number of rotatable bonds is 9. The second kappa shape index (κ2) is 11.9. The summed E-state index contributed by atoms with van der Waals surface area (Å²) in [4.78, 5) is 15.2. The number of nitrogens with one attached hydrogen (secondary N) is 2. The zero-order chi connectivity index (χ0) is 26.9. The first-order valence-electron chi connectivity index (χ1n) is 11.6. The minimum Gasteiger partial charge on any atom is -0.368 e. The number of hydrogen-bond donors (Lipinski definition) is 2. The van der Waals surface area contributed by atoms with E-state index in [0.717, 1.165) is 23.7 Å². The van der Waals surface area contributed by atoms with Crippen LogP contribution in [0.2, 0.25) is 0 Å². The average Bonchev–Trinajstić information content (AvgIpc) is 2.94. The molecule has 10 heteroatoms. The Bertz CT molecular complexity index is 1570. The summed E-state index contributed by atoms with van der Waals surface area (Å²) >= 11 is 0. The fourth-order valence-electron chi connectivity index (χ4n) is 3.71. The van der Waals surface area contributed by atoms with Gasteiger partial charge < -0.3 is 10.6 Å². The molecule has 3 aromatic carbocycles. The van der Waals surface area contributed by atoms with Gasteiger partial charge in [-0.2, -0.15) is 10.5 Å². The van der Waals surface area contributed by atoms with Crippen molar-refractivity contribution in [1.82, 2.24) is 4.98 Å². The predicted octanol–water partition coefficient (Wildman–Crippen LogP) is 6.86. The van der Waals surface area contributed by atoms with E-state index in [-0.39, 0.29) is 16.9 Å². The maximum absolute atomic E-state index is 11.1. The SMILES string of the molecule is Cc1c(C#N)c(Nc2ccccc2)nc(NCCc2ccccc2)c1N=Nc1ccc([N+](=O)[O-])cc1C#N. The van der Waals surface area contributed by atoms with Crippen LogP contribution in [-0.2, 0) is 6.42 Å². The Balaban J connectivity index is 1.73. The quantitative estimate of drug-likeness (QED) is 0.144. The molecule has 4 aromatic rings. The van der Waals surface area contributed by atoms with Gasteiger partial charge in [0, 0.05) is 29.9 Å². The van der Waals surface area contributed by atoms with E-state index in [9.17, 15) is 20.6 Å². The molecule has 0 radical (unpaired) electrons. The number of nitrogens with zero attached hydrogens (tertiary/aromatic N) is 6. The molecule has 0 aliphatic heterocycles. The van der Waals surface area contributed by atoms with Crippen LogP contribution in [0.3, 0.4) is 0 Å².